The van der Waals surface area contributed by atoms with Gasteiger partial charge in [-0.05, 0) is 12.1 Å². The van der Waals surface area contributed by atoms with Crippen molar-refractivity contribution in [1.82, 2.24) is 4.98 Å². The van der Waals surface area contributed by atoms with Crippen LogP contribution in [-0.4, -0.2) is 34.6 Å². The van der Waals surface area contributed by atoms with Crippen LogP contribution in [0.1, 0.15) is 11.3 Å². The largest absolute Gasteiger partial charge is 0.433 e. The molecule has 2 heterocycles. The summed E-state index contributed by atoms with van der Waals surface area (Å²) in [5.41, 5.74) is 5.04. The fourth-order valence-corrected chi connectivity index (χ4v) is 2.88. The van der Waals surface area contributed by atoms with Gasteiger partial charge in [0.25, 0.3) is 0 Å². The molecule has 1 aromatic rings. The number of nitrogens with two attached hydrogens (primary N) is 1. The lowest BCUT2D eigenvalue weighted by atomic mass is 10.2. The fraction of sp³-hybridized carbons (Fsp3) is 0.455. The standard InChI is InChI=1S/C11H12F3N3S2/c12-11(13,14)8-2-1-7(9(15)18)10(16-8)17-3-5-19-6-4-17/h1-2H,3-6H2,(H2,15,18). The molecule has 3 nitrogen and oxygen atoms in total. The van der Waals surface area contributed by atoms with Crippen molar-refractivity contribution >= 4 is 34.8 Å². The first-order chi connectivity index (χ1) is 8.89. The average Bonchev–Trinajstić information content (AvgIpc) is 2.38. The molecule has 104 valence electrons. The first-order valence-electron chi connectivity index (χ1n) is 5.60. The Kier molecular flexibility index (Phi) is 4.19. The monoisotopic (exact) mass is 307 g/mol. The molecule has 8 heteroatoms. The summed E-state index contributed by atoms with van der Waals surface area (Å²) >= 11 is 6.64. The van der Waals surface area contributed by atoms with E-state index in [1.807, 2.05) is 0 Å². The highest BCUT2D eigenvalue weighted by molar-refractivity contribution is 7.99. The van der Waals surface area contributed by atoms with Crippen LogP contribution in [0.2, 0.25) is 0 Å². The minimum absolute atomic E-state index is 0.0643. The smallest absolute Gasteiger partial charge is 0.389 e. The lowest BCUT2D eigenvalue weighted by Crippen LogP contribution is -2.35. The topological polar surface area (TPSA) is 42.1 Å². The second-order valence-electron chi connectivity index (χ2n) is 4.03. The van der Waals surface area contributed by atoms with Crippen molar-refractivity contribution < 1.29 is 13.2 Å². The number of hydrogen-bond donors (Lipinski definition) is 1. The van der Waals surface area contributed by atoms with Crippen molar-refractivity contribution in [2.24, 2.45) is 5.73 Å². The normalized spacial score (nSPS) is 16.5. The fourth-order valence-electron chi connectivity index (χ4n) is 1.81. The average molecular weight is 307 g/mol. The molecule has 0 amide bonds. The van der Waals surface area contributed by atoms with E-state index in [4.69, 9.17) is 18.0 Å². The molecule has 0 aliphatic carbocycles. The van der Waals surface area contributed by atoms with E-state index < -0.39 is 11.9 Å². The Bertz CT molecular complexity index is 485. The molecule has 1 saturated heterocycles. The van der Waals surface area contributed by atoms with Gasteiger partial charge in [0, 0.05) is 24.6 Å². The third kappa shape index (κ3) is 3.30. The Hall–Kier alpha value is -1.02. The van der Waals surface area contributed by atoms with E-state index in [2.05, 4.69) is 4.98 Å². The molecule has 19 heavy (non-hydrogen) atoms. The SMILES string of the molecule is NC(=S)c1ccc(C(F)(F)F)nc1N1CCSCC1. The van der Waals surface area contributed by atoms with E-state index >= 15 is 0 Å². The van der Waals surface area contributed by atoms with Crippen molar-refractivity contribution in [3.05, 3.63) is 23.4 Å². The molecule has 1 aliphatic rings. The van der Waals surface area contributed by atoms with Crippen LogP contribution in [-0.2, 0) is 6.18 Å². The number of alkyl halides is 3. The van der Waals surface area contributed by atoms with Crippen molar-refractivity contribution in [3.8, 4) is 0 Å². The molecule has 2 N–H and O–H groups in total. The van der Waals surface area contributed by atoms with Gasteiger partial charge in [-0.25, -0.2) is 4.98 Å². The van der Waals surface area contributed by atoms with Crippen molar-refractivity contribution in [2.75, 3.05) is 29.5 Å². The zero-order chi connectivity index (χ0) is 14.0. The van der Waals surface area contributed by atoms with E-state index in [0.29, 0.717) is 18.7 Å². The number of thiocarbonyl (C=S) groups is 1. The molecule has 2 rings (SSSR count). The van der Waals surface area contributed by atoms with Crippen LogP contribution in [0.4, 0.5) is 19.0 Å². The highest BCUT2D eigenvalue weighted by Gasteiger charge is 2.34. The number of aromatic nitrogens is 1. The van der Waals surface area contributed by atoms with Crippen LogP contribution in [0.3, 0.4) is 0 Å². The predicted octanol–water partition coefficient (Wildman–Crippen LogP) is 2.29. The zero-order valence-electron chi connectivity index (χ0n) is 9.91. The molecule has 0 radical (unpaired) electrons. The van der Waals surface area contributed by atoms with Gasteiger partial charge >= 0.3 is 6.18 Å². The van der Waals surface area contributed by atoms with E-state index in [1.54, 1.807) is 16.7 Å². The van der Waals surface area contributed by atoms with Gasteiger partial charge in [0.05, 0.1) is 5.56 Å². The summed E-state index contributed by atoms with van der Waals surface area (Å²) in [5, 5.41) is 0. The summed E-state index contributed by atoms with van der Waals surface area (Å²) in [7, 11) is 0. The second kappa shape index (κ2) is 5.54. The minimum Gasteiger partial charge on any atom is -0.389 e. The van der Waals surface area contributed by atoms with Crippen LogP contribution in [0.25, 0.3) is 0 Å². The first-order valence-corrected chi connectivity index (χ1v) is 7.16. The molecule has 0 unspecified atom stereocenters. The number of rotatable bonds is 2. The molecule has 1 fully saturated rings. The maximum Gasteiger partial charge on any atom is 0.433 e. The maximum atomic E-state index is 12.7. The van der Waals surface area contributed by atoms with Crippen molar-refractivity contribution in [1.29, 1.82) is 0 Å². The summed E-state index contributed by atoms with van der Waals surface area (Å²) in [6.45, 7) is 1.29. The Morgan fingerprint density at radius 2 is 1.95 bits per heavy atom. The summed E-state index contributed by atoms with van der Waals surface area (Å²) in [6.07, 6.45) is -4.46. The van der Waals surface area contributed by atoms with Crippen molar-refractivity contribution in [3.63, 3.8) is 0 Å². The van der Waals surface area contributed by atoms with Gasteiger partial charge in [-0.2, -0.15) is 24.9 Å². The highest BCUT2D eigenvalue weighted by atomic mass is 32.2. The maximum absolute atomic E-state index is 12.7. The van der Waals surface area contributed by atoms with Gasteiger partial charge in [-0.15, -0.1) is 0 Å². The molecule has 0 atom stereocenters. The number of nitrogens with zero attached hydrogens (tertiary/aromatic N) is 2. The number of pyridine rings is 1. The first kappa shape index (κ1) is 14.4. The van der Waals surface area contributed by atoms with Gasteiger partial charge in [-0.1, -0.05) is 12.2 Å². The van der Waals surface area contributed by atoms with E-state index in [1.165, 1.54) is 6.07 Å². The Balaban J connectivity index is 2.44. The summed E-state index contributed by atoms with van der Waals surface area (Å²) in [4.78, 5) is 5.58. The van der Waals surface area contributed by atoms with Gasteiger partial charge in [0.15, 0.2) is 0 Å². The minimum atomic E-state index is -4.46. The van der Waals surface area contributed by atoms with Crippen LogP contribution < -0.4 is 10.6 Å². The molecule has 0 spiro atoms. The number of thioether (sulfide) groups is 1. The molecular weight excluding hydrogens is 295 g/mol. The number of anilines is 1. The lowest BCUT2D eigenvalue weighted by molar-refractivity contribution is -0.141. The number of halogens is 3. The Labute approximate surface area is 118 Å². The third-order valence-corrected chi connectivity index (χ3v) is 3.90. The second-order valence-corrected chi connectivity index (χ2v) is 5.69. The van der Waals surface area contributed by atoms with Crippen LogP contribution >= 0.6 is 24.0 Å². The van der Waals surface area contributed by atoms with E-state index in [0.717, 1.165) is 17.6 Å². The quantitative estimate of drug-likeness (QED) is 0.849. The highest BCUT2D eigenvalue weighted by Crippen LogP contribution is 2.31. The van der Waals surface area contributed by atoms with Crippen LogP contribution in [0, 0.1) is 0 Å². The van der Waals surface area contributed by atoms with E-state index in [9.17, 15) is 13.2 Å². The Morgan fingerprint density at radius 3 is 2.47 bits per heavy atom. The number of hydrogen-bond acceptors (Lipinski definition) is 4. The molecule has 0 bridgehead atoms. The zero-order valence-corrected chi connectivity index (χ0v) is 11.5. The molecule has 1 aliphatic heterocycles. The van der Waals surface area contributed by atoms with Crippen LogP contribution in [0.5, 0.6) is 0 Å². The summed E-state index contributed by atoms with van der Waals surface area (Å²) in [5.74, 6) is 1.95. The molecular formula is C11H12F3N3S2. The molecule has 0 aromatic carbocycles. The van der Waals surface area contributed by atoms with Gasteiger partial charge in [0.1, 0.15) is 16.5 Å². The molecule has 1 aromatic heterocycles. The molecule has 0 saturated carbocycles. The van der Waals surface area contributed by atoms with Crippen LogP contribution in [0.15, 0.2) is 12.1 Å². The summed E-state index contributed by atoms with van der Waals surface area (Å²) in [6, 6.07) is 2.21. The lowest BCUT2D eigenvalue weighted by Gasteiger charge is -2.29. The third-order valence-electron chi connectivity index (χ3n) is 2.74. The van der Waals surface area contributed by atoms with Gasteiger partial charge < -0.3 is 10.6 Å². The van der Waals surface area contributed by atoms with Gasteiger partial charge in [-0.3, -0.25) is 0 Å². The van der Waals surface area contributed by atoms with Crippen molar-refractivity contribution in [2.45, 2.75) is 6.18 Å². The Morgan fingerprint density at radius 1 is 1.32 bits per heavy atom. The summed E-state index contributed by atoms with van der Waals surface area (Å²) < 4.78 is 38.2. The predicted molar refractivity (Wildman–Crippen MR) is 74.7 cm³/mol. The van der Waals surface area contributed by atoms with E-state index in [-0.39, 0.29) is 10.8 Å². The van der Waals surface area contributed by atoms with Gasteiger partial charge in [0.2, 0.25) is 0 Å².